The molecule has 0 aliphatic carbocycles. The van der Waals surface area contributed by atoms with Gasteiger partial charge in [-0.2, -0.15) is 0 Å². The maximum absolute atomic E-state index is 5.81. The minimum atomic E-state index is 0.480. The van der Waals surface area contributed by atoms with E-state index in [1.165, 1.54) is 0 Å². The van der Waals surface area contributed by atoms with Crippen LogP contribution in [-0.4, -0.2) is 4.98 Å². The molecule has 0 aliphatic rings. The van der Waals surface area contributed by atoms with Gasteiger partial charge in [-0.15, -0.1) is 0 Å². The Morgan fingerprint density at radius 3 is 2.63 bits per heavy atom. The fraction of sp³-hybridized carbons (Fsp3) is 0.214. The number of ether oxygens (including phenoxy) is 1. The molecule has 2 aromatic rings. The molecule has 100 valence electrons. The van der Waals surface area contributed by atoms with E-state index in [0.717, 1.165) is 32.4 Å². The third-order valence-corrected chi connectivity index (χ3v) is 3.73. The normalized spacial score (nSPS) is 10.5. The molecule has 0 amide bonds. The molecule has 0 bridgehead atoms. The van der Waals surface area contributed by atoms with Crippen LogP contribution in [0, 0.1) is 0 Å². The van der Waals surface area contributed by atoms with Gasteiger partial charge in [0.2, 0.25) is 5.88 Å². The Morgan fingerprint density at radius 1 is 1.21 bits per heavy atom. The number of pyridine rings is 1. The lowest BCUT2D eigenvalue weighted by molar-refractivity contribution is 0.457. The van der Waals surface area contributed by atoms with Gasteiger partial charge < -0.3 is 10.5 Å². The molecule has 0 atom stereocenters. The second-order valence-electron chi connectivity index (χ2n) is 4.04. The van der Waals surface area contributed by atoms with Crippen LogP contribution in [0.1, 0.15) is 18.2 Å². The summed E-state index contributed by atoms with van der Waals surface area (Å²) in [6.07, 6.45) is 0.853. The summed E-state index contributed by atoms with van der Waals surface area (Å²) in [7, 11) is 0. The monoisotopic (exact) mass is 384 g/mol. The largest absolute Gasteiger partial charge is 0.438 e. The van der Waals surface area contributed by atoms with Crippen molar-refractivity contribution < 1.29 is 4.74 Å². The van der Waals surface area contributed by atoms with E-state index in [1.807, 2.05) is 30.3 Å². The first-order valence-corrected chi connectivity index (χ1v) is 7.53. The first kappa shape index (κ1) is 14.5. The lowest BCUT2D eigenvalue weighted by Gasteiger charge is -2.10. The Morgan fingerprint density at radius 2 is 2.00 bits per heavy atom. The zero-order chi connectivity index (χ0) is 13.8. The summed E-state index contributed by atoms with van der Waals surface area (Å²) in [6.45, 7) is 2.54. The molecule has 1 aromatic heterocycles. The molecule has 19 heavy (non-hydrogen) atoms. The molecule has 0 saturated carbocycles. The number of benzene rings is 1. The van der Waals surface area contributed by atoms with E-state index in [9.17, 15) is 0 Å². The molecule has 3 nitrogen and oxygen atoms in total. The summed E-state index contributed by atoms with van der Waals surface area (Å²) in [5.74, 6) is 1.30. The molecule has 2 N–H and O–H groups in total. The van der Waals surface area contributed by atoms with Crippen molar-refractivity contribution in [3.63, 3.8) is 0 Å². The molecule has 0 unspecified atom stereocenters. The predicted molar refractivity (Wildman–Crippen MR) is 83.4 cm³/mol. The van der Waals surface area contributed by atoms with Gasteiger partial charge in [0.1, 0.15) is 5.75 Å². The van der Waals surface area contributed by atoms with Gasteiger partial charge in [0.15, 0.2) is 0 Å². The maximum Gasteiger partial charge on any atom is 0.219 e. The molecule has 1 heterocycles. The average molecular weight is 386 g/mol. The lowest BCUT2D eigenvalue weighted by Crippen LogP contribution is -2.01. The number of nitrogens with two attached hydrogens (primary N) is 1. The summed E-state index contributed by atoms with van der Waals surface area (Å²) in [6, 6.07) is 9.62. The highest BCUT2D eigenvalue weighted by atomic mass is 79.9. The third kappa shape index (κ3) is 3.78. The number of aryl methyl sites for hydroxylation is 1. The Kier molecular flexibility index (Phi) is 4.96. The molecule has 0 saturated heterocycles. The number of rotatable bonds is 4. The molecule has 0 aliphatic heterocycles. The summed E-state index contributed by atoms with van der Waals surface area (Å²) in [4.78, 5) is 4.45. The highest BCUT2D eigenvalue weighted by molar-refractivity contribution is 9.11. The van der Waals surface area contributed by atoms with Crippen LogP contribution in [-0.2, 0) is 13.0 Å². The maximum atomic E-state index is 5.81. The van der Waals surface area contributed by atoms with Crippen LogP contribution in [0.2, 0.25) is 0 Å². The zero-order valence-corrected chi connectivity index (χ0v) is 13.7. The Hall–Kier alpha value is -0.910. The van der Waals surface area contributed by atoms with Gasteiger partial charge in [-0.05, 0) is 52.2 Å². The number of hydrogen-bond acceptors (Lipinski definition) is 3. The second kappa shape index (κ2) is 6.50. The van der Waals surface area contributed by atoms with E-state index < -0.39 is 0 Å². The second-order valence-corrected chi connectivity index (χ2v) is 5.81. The van der Waals surface area contributed by atoms with Gasteiger partial charge in [-0.25, -0.2) is 4.98 Å². The minimum Gasteiger partial charge on any atom is -0.438 e. The van der Waals surface area contributed by atoms with Crippen molar-refractivity contribution in [1.82, 2.24) is 4.98 Å². The van der Waals surface area contributed by atoms with E-state index in [4.69, 9.17) is 10.5 Å². The van der Waals surface area contributed by atoms with Gasteiger partial charge in [0.05, 0.1) is 4.47 Å². The molecular formula is C14H14Br2N2O. The summed E-state index contributed by atoms with van der Waals surface area (Å²) < 4.78 is 7.68. The van der Waals surface area contributed by atoms with Crippen molar-refractivity contribution in [2.75, 3.05) is 0 Å². The number of halogens is 2. The van der Waals surface area contributed by atoms with Crippen LogP contribution < -0.4 is 10.5 Å². The van der Waals surface area contributed by atoms with Crippen molar-refractivity contribution in [2.24, 2.45) is 5.73 Å². The summed E-state index contributed by atoms with van der Waals surface area (Å²) in [5, 5.41) is 0. The number of hydrogen-bond donors (Lipinski definition) is 1. The van der Waals surface area contributed by atoms with Crippen molar-refractivity contribution in [3.8, 4) is 11.6 Å². The van der Waals surface area contributed by atoms with Crippen LogP contribution in [0.3, 0.4) is 0 Å². The van der Waals surface area contributed by atoms with Crippen LogP contribution in [0.25, 0.3) is 0 Å². The van der Waals surface area contributed by atoms with Crippen LogP contribution in [0.15, 0.2) is 39.3 Å². The van der Waals surface area contributed by atoms with Crippen molar-refractivity contribution >= 4 is 31.9 Å². The molecule has 5 heteroatoms. The molecule has 0 fully saturated rings. The standard InChI is InChI=1S/C14H14Br2N2O/c1-2-11-5-9(8-17)6-14(18-11)19-13-4-3-10(15)7-12(13)16/h3-7H,2,8,17H2,1H3. The fourth-order valence-electron chi connectivity index (χ4n) is 1.64. The van der Waals surface area contributed by atoms with Crippen LogP contribution in [0.4, 0.5) is 0 Å². The van der Waals surface area contributed by atoms with Gasteiger partial charge in [0, 0.05) is 22.8 Å². The lowest BCUT2D eigenvalue weighted by atomic mass is 10.2. The first-order valence-electron chi connectivity index (χ1n) is 5.95. The van der Waals surface area contributed by atoms with Crippen molar-refractivity contribution in [3.05, 3.63) is 50.5 Å². The van der Waals surface area contributed by atoms with Gasteiger partial charge in [-0.1, -0.05) is 22.9 Å². The molecule has 2 rings (SSSR count). The first-order chi connectivity index (χ1) is 9.12. The summed E-state index contributed by atoms with van der Waals surface area (Å²) >= 11 is 6.88. The molecule has 0 spiro atoms. The SMILES string of the molecule is CCc1cc(CN)cc(Oc2ccc(Br)cc2Br)n1. The van der Waals surface area contributed by atoms with Gasteiger partial charge in [-0.3, -0.25) is 0 Å². The van der Waals surface area contributed by atoms with E-state index >= 15 is 0 Å². The quantitative estimate of drug-likeness (QED) is 0.847. The Labute approximate surface area is 129 Å². The number of nitrogens with zero attached hydrogens (tertiary/aromatic N) is 1. The van der Waals surface area contributed by atoms with Gasteiger partial charge >= 0.3 is 0 Å². The topological polar surface area (TPSA) is 48.1 Å². The van der Waals surface area contributed by atoms with Crippen molar-refractivity contribution in [2.45, 2.75) is 19.9 Å². The number of aromatic nitrogens is 1. The molecule has 1 aromatic carbocycles. The van der Waals surface area contributed by atoms with Gasteiger partial charge in [0.25, 0.3) is 0 Å². The Balaban J connectivity index is 2.31. The molecular weight excluding hydrogens is 372 g/mol. The summed E-state index contributed by atoms with van der Waals surface area (Å²) in [5.41, 5.74) is 7.69. The molecule has 0 radical (unpaired) electrons. The zero-order valence-electron chi connectivity index (χ0n) is 10.5. The average Bonchev–Trinajstić information content (AvgIpc) is 2.41. The van der Waals surface area contributed by atoms with E-state index in [0.29, 0.717) is 12.4 Å². The fourth-order valence-corrected chi connectivity index (χ4v) is 2.77. The predicted octanol–water partition coefficient (Wildman–Crippen LogP) is 4.42. The van der Waals surface area contributed by atoms with Crippen LogP contribution >= 0.6 is 31.9 Å². The third-order valence-electron chi connectivity index (χ3n) is 2.62. The van der Waals surface area contributed by atoms with Crippen molar-refractivity contribution in [1.29, 1.82) is 0 Å². The van der Waals surface area contributed by atoms with Crippen LogP contribution in [0.5, 0.6) is 11.6 Å². The van der Waals surface area contributed by atoms with E-state index in [-0.39, 0.29) is 0 Å². The minimum absolute atomic E-state index is 0.480. The van der Waals surface area contributed by atoms with E-state index in [1.54, 1.807) is 0 Å². The smallest absolute Gasteiger partial charge is 0.219 e. The highest BCUT2D eigenvalue weighted by Gasteiger charge is 2.07. The highest BCUT2D eigenvalue weighted by Crippen LogP contribution is 2.31. The van der Waals surface area contributed by atoms with E-state index in [2.05, 4.69) is 43.8 Å². The Bertz CT molecular complexity index is 565.